The number of anilines is 1. The largest absolute Gasteiger partial charge is 0.366 e. The van der Waals surface area contributed by atoms with Crippen LogP contribution in [0.3, 0.4) is 0 Å². The van der Waals surface area contributed by atoms with Crippen molar-refractivity contribution in [2.24, 2.45) is 12.8 Å². The minimum Gasteiger partial charge on any atom is -0.366 e. The van der Waals surface area contributed by atoms with Crippen molar-refractivity contribution in [1.82, 2.24) is 9.55 Å². The highest BCUT2D eigenvalue weighted by Crippen LogP contribution is 2.41. The highest BCUT2D eigenvalue weighted by molar-refractivity contribution is 6.05. The number of nitrogens with two attached hydrogens (primary N) is 1. The van der Waals surface area contributed by atoms with Crippen LogP contribution in [-0.4, -0.2) is 21.4 Å². The van der Waals surface area contributed by atoms with E-state index in [0.29, 0.717) is 22.9 Å². The van der Waals surface area contributed by atoms with Crippen LogP contribution in [0.5, 0.6) is 0 Å². The Morgan fingerprint density at radius 1 is 1.36 bits per heavy atom. The van der Waals surface area contributed by atoms with Gasteiger partial charge in [0, 0.05) is 30.2 Å². The molecular weight excluding hydrogens is 280 g/mol. The Morgan fingerprint density at radius 3 is 2.73 bits per heavy atom. The highest BCUT2D eigenvalue weighted by Gasteiger charge is 2.29. The molecule has 0 radical (unpaired) electrons. The summed E-state index contributed by atoms with van der Waals surface area (Å²) in [6.45, 7) is 1.92. The molecule has 2 heterocycles. The van der Waals surface area contributed by atoms with Gasteiger partial charge in [0.05, 0.1) is 5.56 Å². The van der Waals surface area contributed by atoms with E-state index in [2.05, 4.69) is 14.9 Å². The molecule has 3 rings (SSSR count). The van der Waals surface area contributed by atoms with Gasteiger partial charge < -0.3 is 15.6 Å². The molecule has 0 unspecified atom stereocenters. The second-order valence-corrected chi connectivity index (χ2v) is 5.65. The topological polar surface area (TPSA) is 90.0 Å². The monoisotopic (exact) mass is 298 g/mol. The fourth-order valence-electron chi connectivity index (χ4n) is 2.56. The van der Waals surface area contributed by atoms with E-state index in [1.165, 1.54) is 36.9 Å². The lowest BCUT2D eigenvalue weighted by Gasteiger charge is -2.06. The number of amides is 2. The Bertz CT molecular complexity index is 760. The number of pyridine rings is 1. The van der Waals surface area contributed by atoms with Gasteiger partial charge in [0.2, 0.25) is 5.91 Å². The molecule has 0 spiro atoms. The first kappa shape index (κ1) is 14.3. The maximum Gasteiger partial charge on any atom is 0.258 e. The van der Waals surface area contributed by atoms with Crippen LogP contribution in [0.15, 0.2) is 24.4 Å². The molecule has 1 saturated carbocycles. The van der Waals surface area contributed by atoms with Crippen molar-refractivity contribution in [3.05, 3.63) is 46.9 Å². The van der Waals surface area contributed by atoms with Gasteiger partial charge in [0.15, 0.2) is 0 Å². The number of carbonyl (C=O) groups excluding carboxylic acids is 2. The van der Waals surface area contributed by atoms with Gasteiger partial charge in [0.25, 0.3) is 5.91 Å². The van der Waals surface area contributed by atoms with Crippen molar-refractivity contribution >= 4 is 17.6 Å². The van der Waals surface area contributed by atoms with Gasteiger partial charge >= 0.3 is 0 Å². The van der Waals surface area contributed by atoms with Crippen LogP contribution in [0.25, 0.3) is 0 Å². The number of nitrogens with zero attached hydrogens (tertiary/aromatic N) is 2. The molecule has 0 saturated heterocycles. The Balaban J connectivity index is 1.84. The molecule has 2 amide bonds. The zero-order chi connectivity index (χ0) is 15.9. The molecule has 0 aromatic carbocycles. The van der Waals surface area contributed by atoms with Gasteiger partial charge in [-0.05, 0) is 43.9 Å². The smallest absolute Gasteiger partial charge is 0.258 e. The predicted octanol–water partition coefficient (Wildman–Crippen LogP) is 1.96. The van der Waals surface area contributed by atoms with E-state index in [9.17, 15) is 9.59 Å². The number of carbonyl (C=O) groups is 2. The molecule has 6 nitrogen and oxygen atoms in total. The quantitative estimate of drug-likeness (QED) is 0.904. The van der Waals surface area contributed by atoms with Gasteiger partial charge in [-0.1, -0.05) is 0 Å². The van der Waals surface area contributed by atoms with Gasteiger partial charge in [-0.15, -0.1) is 0 Å². The molecule has 114 valence electrons. The molecule has 1 aliphatic carbocycles. The zero-order valence-electron chi connectivity index (χ0n) is 12.6. The maximum absolute atomic E-state index is 12.4. The minimum absolute atomic E-state index is 0.228. The van der Waals surface area contributed by atoms with Crippen molar-refractivity contribution < 1.29 is 9.59 Å². The summed E-state index contributed by atoms with van der Waals surface area (Å²) in [6, 6.07) is 4.93. The van der Waals surface area contributed by atoms with Crippen LogP contribution in [0.2, 0.25) is 0 Å². The van der Waals surface area contributed by atoms with E-state index >= 15 is 0 Å². The van der Waals surface area contributed by atoms with Gasteiger partial charge in [-0.25, -0.2) is 4.98 Å². The number of nitrogens with one attached hydrogen (secondary N) is 1. The van der Waals surface area contributed by atoms with Gasteiger partial charge in [-0.2, -0.15) is 0 Å². The number of primary amides is 1. The number of hydrogen-bond donors (Lipinski definition) is 2. The lowest BCUT2D eigenvalue weighted by Crippen LogP contribution is -2.16. The molecule has 0 bridgehead atoms. The zero-order valence-corrected chi connectivity index (χ0v) is 12.6. The standard InChI is InChI=1S/C16H18N4O2/c1-9-12(8-13(20(9)2)10-3-4-10)16(22)19-14-7-11(15(17)21)5-6-18-14/h5-8,10H,3-4H2,1-2H3,(H2,17,21)(H,18,19,22). The summed E-state index contributed by atoms with van der Waals surface area (Å²) in [5.41, 5.74) is 8.30. The maximum atomic E-state index is 12.4. The summed E-state index contributed by atoms with van der Waals surface area (Å²) in [6.07, 6.45) is 3.81. The lowest BCUT2D eigenvalue weighted by atomic mass is 10.2. The van der Waals surface area contributed by atoms with Gasteiger partial charge in [0.1, 0.15) is 5.82 Å². The number of rotatable bonds is 4. The van der Waals surface area contributed by atoms with E-state index < -0.39 is 5.91 Å². The van der Waals surface area contributed by atoms with Crippen molar-refractivity contribution in [2.75, 3.05) is 5.32 Å². The summed E-state index contributed by atoms with van der Waals surface area (Å²) < 4.78 is 2.07. The minimum atomic E-state index is -0.551. The molecule has 3 N–H and O–H groups in total. The van der Waals surface area contributed by atoms with Crippen molar-refractivity contribution in [1.29, 1.82) is 0 Å². The van der Waals surface area contributed by atoms with Crippen molar-refractivity contribution in [3.8, 4) is 0 Å². The first-order valence-corrected chi connectivity index (χ1v) is 7.21. The van der Waals surface area contributed by atoms with Crippen LogP contribution >= 0.6 is 0 Å². The SMILES string of the molecule is Cc1c(C(=O)Nc2cc(C(N)=O)ccn2)cc(C2CC2)n1C. The third-order valence-corrected chi connectivity index (χ3v) is 4.10. The molecule has 6 heteroatoms. The fourth-order valence-corrected chi connectivity index (χ4v) is 2.56. The first-order valence-electron chi connectivity index (χ1n) is 7.21. The lowest BCUT2D eigenvalue weighted by molar-refractivity contribution is 0.0995. The molecular formula is C16H18N4O2. The second kappa shape index (κ2) is 5.29. The van der Waals surface area contributed by atoms with E-state index in [-0.39, 0.29) is 5.91 Å². The normalized spacial score (nSPS) is 13.9. The summed E-state index contributed by atoms with van der Waals surface area (Å²) in [5, 5.41) is 2.72. The number of hydrogen-bond acceptors (Lipinski definition) is 3. The van der Waals surface area contributed by atoms with Crippen LogP contribution in [-0.2, 0) is 7.05 Å². The van der Waals surface area contributed by atoms with Crippen LogP contribution in [0.4, 0.5) is 5.82 Å². The molecule has 0 aliphatic heterocycles. The first-order chi connectivity index (χ1) is 10.5. The van der Waals surface area contributed by atoms with E-state index in [4.69, 9.17) is 5.73 Å². The van der Waals surface area contributed by atoms with E-state index in [1.54, 1.807) is 0 Å². The van der Waals surface area contributed by atoms with E-state index in [1.807, 2.05) is 20.0 Å². The third kappa shape index (κ3) is 2.59. The molecule has 0 atom stereocenters. The highest BCUT2D eigenvalue weighted by atomic mass is 16.2. The summed E-state index contributed by atoms with van der Waals surface area (Å²) in [5.74, 6) is 0.109. The Labute approximate surface area is 128 Å². The average molecular weight is 298 g/mol. The Hall–Kier alpha value is -2.63. The van der Waals surface area contributed by atoms with E-state index in [0.717, 1.165) is 5.69 Å². The molecule has 22 heavy (non-hydrogen) atoms. The summed E-state index contributed by atoms with van der Waals surface area (Å²) >= 11 is 0. The molecule has 1 aliphatic rings. The Kier molecular flexibility index (Phi) is 3.44. The second-order valence-electron chi connectivity index (χ2n) is 5.65. The van der Waals surface area contributed by atoms with Crippen LogP contribution < -0.4 is 11.1 Å². The fraction of sp³-hybridized carbons (Fsp3) is 0.312. The van der Waals surface area contributed by atoms with Gasteiger partial charge in [-0.3, -0.25) is 9.59 Å². The Morgan fingerprint density at radius 2 is 2.09 bits per heavy atom. The molecule has 2 aromatic heterocycles. The average Bonchev–Trinajstić information content (AvgIpc) is 3.27. The van der Waals surface area contributed by atoms with Crippen LogP contribution in [0, 0.1) is 6.92 Å². The molecule has 2 aromatic rings. The van der Waals surface area contributed by atoms with Crippen molar-refractivity contribution in [2.45, 2.75) is 25.7 Å². The predicted molar refractivity (Wildman–Crippen MR) is 82.8 cm³/mol. The summed E-state index contributed by atoms with van der Waals surface area (Å²) in [7, 11) is 1.98. The van der Waals surface area contributed by atoms with Crippen molar-refractivity contribution in [3.63, 3.8) is 0 Å². The molecule has 1 fully saturated rings. The number of aromatic nitrogens is 2. The third-order valence-electron chi connectivity index (χ3n) is 4.10. The van der Waals surface area contributed by atoms with Crippen LogP contribution in [0.1, 0.15) is 50.9 Å². The summed E-state index contributed by atoms with van der Waals surface area (Å²) in [4.78, 5) is 27.7.